The summed E-state index contributed by atoms with van der Waals surface area (Å²) >= 11 is 0. The molecule has 164 valence electrons. The molecule has 4 fully saturated rings. The minimum atomic E-state index is 0. The Morgan fingerprint density at radius 1 is 0.607 bits per heavy atom. The number of carbonyl (C=O) groups excluding carboxylic acids is 1. The van der Waals surface area contributed by atoms with Crippen LogP contribution in [0.5, 0.6) is 0 Å². The first-order chi connectivity index (χ1) is 13.2. The highest BCUT2D eigenvalue weighted by Gasteiger charge is 2.14. The van der Waals surface area contributed by atoms with Gasteiger partial charge in [0.25, 0.3) is 0 Å². The van der Waals surface area contributed by atoms with E-state index in [0.29, 0.717) is 17.9 Å². The zero-order valence-electron chi connectivity index (χ0n) is 17.7. The minimum Gasteiger partial charge on any atom is -0.328 e. The number of hydrogen-bond acceptors (Lipinski definition) is 3. The lowest BCUT2D eigenvalue weighted by molar-refractivity contribution is -0.120. The molecule has 0 radical (unpaired) electrons. The van der Waals surface area contributed by atoms with Gasteiger partial charge in [-0.2, -0.15) is 0 Å². The van der Waals surface area contributed by atoms with Crippen molar-refractivity contribution >= 4 is 11.5 Å². The molecule has 0 unspecified atom stereocenters. The number of carbonyl (C=O) groups is 1. The summed E-state index contributed by atoms with van der Waals surface area (Å²) in [5.41, 5.74) is 7.17. The third-order valence-corrected chi connectivity index (χ3v) is 6.43. The van der Waals surface area contributed by atoms with E-state index in [4.69, 9.17) is 10.7 Å². The molecule has 0 amide bonds. The maximum absolute atomic E-state index is 10.5. The van der Waals surface area contributed by atoms with Crippen LogP contribution in [-0.2, 0) is 4.79 Å². The molecule has 3 nitrogen and oxygen atoms in total. The van der Waals surface area contributed by atoms with Crippen molar-refractivity contribution in [2.24, 2.45) is 10.7 Å². The second-order valence-corrected chi connectivity index (χ2v) is 9.05. The maximum Gasteiger partial charge on any atom is 0.132 e. The topological polar surface area (TPSA) is 55.4 Å². The molecule has 3 heteroatoms. The van der Waals surface area contributed by atoms with Gasteiger partial charge in [-0.25, -0.2) is 0 Å². The van der Waals surface area contributed by atoms with Crippen LogP contribution in [0.1, 0.15) is 136 Å². The molecule has 2 N–H and O–H groups in total. The summed E-state index contributed by atoms with van der Waals surface area (Å²) in [6.45, 7) is 0. The van der Waals surface area contributed by atoms with E-state index in [1.807, 2.05) is 0 Å². The summed E-state index contributed by atoms with van der Waals surface area (Å²) in [5, 5.41) is 0. The summed E-state index contributed by atoms with van der Waals surface area (Å²) in [6.07, 6.45) is 25.7. The molecule has 4 saturated carbocycles. The summed E-state index contributed by atoms with van der Waals surface area (Å²) in [5.74, 6) is 0.464. The van der Waals surface area contributed by atoms with Crippen molar-refractivity contribution in [1.82, 2.24) is 0 Å². The van der Waals surface area contributed by atoms with Crippen molar-refractivity contribution in [2.45, 2.75) is 148 Å². The maximum atomic E-state index is 10.5. The molecule has 0 aliphatic heterocycles. The molecule has 4 aliphatic carbocycles. The number of rotatable bonds is 1. The van der Waals surface area contributed by atoms with Crippen molar-refractivity contribution in [2.75, 3.05) is 0 Å². The van der Waals surface area contributed by atoms with Gasteiger partial charge in [0, 0.05) is 30.6 Å². The standard InChI is InChI=1S/C12H21N.C6H13N.C6H10O.CH4/c1-3-7-11(8-4-1)13-12-9-5-2-6-10-12;2*7-6-4-2-1-3-5-6;/h11H,1-10H2;6H,1-5,7H2;1-5H2;1H4. The Bertz CT molecular complexity index is 404. The molecule has 0 aromatic carbocycles. The first-order valence-corrected chi connectivity index (χ1v) is 12.1. The lowest BCUT2D eigenvalue weighted by atomic mass is 9.94. The van der Waals surface area contributed by atoms with Crippen LogP contribution in [-0.4, -0.2) is 23.6 Å². The van der Waals surface area contributed by atoms with Crippen LogP contribution in [0.2, 0.25) is 0 Å². The molecule has 28 heavy (non-hydrogen) atoms. The van der Waals surface area contributed by atoms with Gasteiger partial charge < -0.3 is 5.73 Å². The van der Waals surface area contributed by atoms with E-state index in [2.05, 4.69) is 0 Å². The highest BCUT2D eigenvalue weighted by Crippen LogP contribution is 2.23. The van der Waals surface area contributed by atoms with Gasteiger partial charge in [0.15, 0.2) is 0 Å². The Labute approximate surface area is 175 Å². The quantitative estimate of drug-likeness (QED) is 0.514. The smallest absolute Gasteiger partial charge is 0.132 e. The third-order valence-electron chi connectivity index (χ3n) is 6.43. The van der Waals surface area contributed by atoms with Gasteiger partial charge in [-0.1, -0.05) is 58.8 Å². The van der Waals surface area contributed by atoms with Crippen LogP contribution < -0.4 is 5.73 Å². The normalized spacial score (nSPS) is 24.0. The van der Waals surface area contributed by atoms with Gasteiger partial charge in [0.2, 0.25) is 0 Å². The minimum absolute atomic E-state index is 0. The predicted molar refractivity (Wildman–Crippen MR) is 123 cm³/mol. The number of ketones is 1. The Morgan fingerprint density at radius 3 is 1.43 bits per heavy atom. The van der Waals surface area contributed by atoms with Crippen LogP contribution in [0, 0.1) is 0 Å². The van der Waals surface area contributed by atoms with Crippen LogP contribution in [0.3, 0.4) is 0 Å². The molecule has 0 spiro atoms. The fourth-order valence-corrected chi connectivity index (χ4v) is 4.64. The van der Waals surface area contributed by atoms with E-state index in [1.54, 1.807) is 0 Å². The monoisotopic (exact) mass is 392 g/mol. The van der Waals surface area contributed by atoms with Gasteiger partial charge >= 0.3 is 0 Å². The van der Waals surface area contributed by atoms with E-state index in [-0.39, 0.29) is 7.43 Å². The Morgan fingerprint density at radius 2 is 1.04 bits per heavy atom. The zero-order chi connectivity index (χ0) is 19.2. The Hall–Kier alpha value is -0.700. The molecule has 4 aliphatic rings. The second kappa shape index (κ2) is 16.1. The van der Waals surface area contributed by atoms with Crippen LogP contribution in [0.15, 0.2) is 4.99 Å². The molecule has 0 aromatic rings. The van der Waals surface area contributed by atoms with Gasteiger partial charge in [-0.15, -0.1) is 0 Å². The number of hydrogen-bond donors (Lipinski definition) is 1. The summed E-state index contributed by atoms with van der Waals surface area (Å²) in [4.78, 5) is 15.4. The van der Waals surface area contributed by atoms with E-state index < -0.39 is 0 Å². The average Bonchev–Trinajstić information content (AvgIpc) is 2.72. The third kappa shape index (κ3) is 12.0. The lowest BCUT2D eigenvalue weighted by Gasteiger charge is -2.21. The van der Waals surface area contributed by atoms with Gasteiger partial charge in [0.05, 0.1) is 0 Å². The number of nitrogens with two attached hydrogens (primary N) is 1. The lowest BCUT2D eigenvalue weighted by Crippen LogP contribution is -2.22. The van der Waals surface area contributed by atoms with Crippen LogP contribution in [0.25, 0.3) is 0 Å². The Balaban J connectivity index is 0.000000224. The molecular weight excluding hydrogens is 344 g/mol. The highest BCUT2D eigenvalue weighted by atomic mass is 16.1. The summed E-state index contributed by atoms with van der Waals surface area (Å²) in [6, 6.07) is 1.25. The fraction of sp³-hybridized carbons (Fsp3) is 0.920. The van der Waals surface area contributed by atoms with Gasteiger partial charge in [0.1, 0.15) is 5.78 Å². The largest absolute Gasteiger partial charge is 0.328 e. The van der Waals surface area contributed by atoms with E-state index >= 15 is 0 Å². The van der Waals surface area contributed by atoms with Gasteiger partial charge in [-0.05, 0) is 64.2 Å². The molecule has 0 heterocycles. The highest BCUT2D eigenvalue weighted by molar-refractivity contribution is 5.85. The van der Waals surface area contributed by atoms with E-state index in [9.17, 15) is 4.79 Å². The average molecular weight is 393 g/mol. The zero-order valence-corrected chi connectivity index (χ0v) is 17.7. The van der Waals surface area contributed by atoms with Crippen molar-refractivity contribution in [3.05, 3.63) is 0 Å². The predicted octanol–water partition coefficient (Wildman–Crippen LogP) is 7.16. The molecule has 0 atom stereocenters. The molecular formula is C25H48N2O. The van der Waals surface area contributed by atoms with Crippen molar-refractivity contribution in [3.63, 3.8) is 0 Å². The first kappa shape index (κ1) is 25.3. The first-order valence-electron chi connectivity index (χ1n) is 12.1. The second-order valence-electron chi connectivity index (χ2n) is 9.05. The van der Waals surface area contributed by atoms with Crippen molar-refractivity contribution in [3.8, 4) is 0 Å². The van der Waals surface area contributed by atoms with E-state index in [0.717, 1.165) is 25.7 Å². The molecule has 4 rings (SSSR count). The number of aliphatic imine (C=N–C) groups is 1. The van der Waals surface area contributed by atoms with Crippen LogP contribution >= 0.6 is 0 Å². The number of Topliss-reactive ketones (excluding diaryl/α,β-unsaturated/α-hetero) is 1. The van der Waals surface area contributed by atoms with Crippen molar-refractivity contribution in [1.29, 1.82) is 0 Å². The SMILES string of the molecule is C.C1CCC(=NC2CCCCC2)CC1.NC1CCCCC1.O=C1CCCCC1. The summed E-state index contributed by atoms with van der Waals surface area (Å²) < 4.78 is 0. The Kier molecular flexibility index (Phi) is 14.6. The van der Waals surface area contributed by atoms with Crippen LogP contribution in [0.4, 0.5) is 0 Å². The number of nitrogens with zero attached hydrogens (tertiary/aromatic N) is 1. The van der Waals surface area contributed by atoms with E-state index in [1.165, 1.54) is 108 Å². The molecule has 0 aromatic heterocycles. The fourth-order valence-electron chi connectivity index (χ4n) is 4.64. The molecule has 0 saturated heterocycles. The molecule has 0 bridgehead atoms. The van der Waals surface area contributed by atoms with Gasteiger partial charge in [-0.3, -0.25) is 9.79 Å². The summed E-state index contributed by atoms with van der Waals surface area (Å²) in [7, 11) is 0. The van der Waals surface area contributed by atoms with Crippen molar-refractivity contribution < 1.29 is 4.79 Å².